The molecule has 0 aliphatic carbocycles. The van der Waals surface area contributed by atoms with Crippen molar-refractivity contribution in [1.82, 2.24) is 24.6 Å². The Balaban J connectivity index is 1.64. The molecule has 3 aromatic rings. The number of aryl methyl sites for hydroxylation is 1. The number of imidazole rings is 1. The predicted molar refractivity (Wildman–Crippen MR) is 92.2 cm³/mol. The van der Waals surface area contributed by atoms with Crippen molar-refractivity contribution in [2.24, 2.45) is 0 Å². The highest BCUT2D eigenvalue weighted by molar-refractivity contribution is 7.89. The number of nitrogens with zero attached hydrogens (tertiary/aromatic N) is 3. The zero-order valence-corrected chi connectivity index (χ0v) is 14.9. The van der Waals surface area contributed by atoms with E-state index in [1.54, 1.807) is 12.4 Å². The van der Waals surface area contributed by atoms with E-state index in [0.29, 0.717) is 0 Å². The molecule has 0 unspecified atom stereocenters. The van der Waals surface area contributed by atoms with Gasteiger partial charge in [-0.05, 0) is 37.7 Å². The SMILES string of the molecule is CNS(=O)(=O)c1ccc(C(=O)NCc2ccc(-n3ccnc3C)nc2)o1. The Labute approximate surface area is 150 Å². The summed E-state index contributed by atoms with van der Waals surface area (Å²) in [4.78, 5) is 20.6. The van der Waals surface area contributed by atoms with Gasteiger partial charge in [0.2, 0.25) is 5.09 Å². The van der Waals surface area contributed by atoms with Gasteiger partial charge in [-0.1, -0.05) is 6.07 Å². The lowest BCUT2D eigenvalue weighted by Gasteiger charge is -2.06. The van der Waals surface area contributed by atoms with Crippen LogP contribution in [0.2, 0.25) is 0 Å². The standard InChI is InChI=1S/C16H17N5O4S/c1-11-18-7-8-21(11)14-5-3-12(9-19-14)10-20-16(22)13-4-6-15(25-13)26(23,24)17-2/h3-9,17H,10H2,1-2H3,(H,20,22). The number of sulfonamides is 1. The van der Waals surface area contributed by atoms with Gasteiger partial charge in [0.1, 0.15) is 11.6 Å². The number of hydrogen-bond acceptors (Lipinski definition) is 6. The van der Waals surface area contributed by atoms with E-state index >= 15 is 0 Å². The van der Waals surface area contributed by atoms with Crippen LogP contribution in [-0.2, 0) is 16.6 Å². The number of carbonyl (C=O) groups excluding carboxylic acids is 1. The predicted octanol–water partition coefficient (Wildman–Crippen LogP) is 1.01. The molecule has 26 heavy (non-hydrogen) atoms. The summed E-state index contributed by atoms with van der Waals surface area (Å²) >= 11 is 0. The van der Waals surface area contributed by atoms with Crippen LogP contribution >= 0.6 is 0 Å². The summed E-state index contributed by atoms with van der Waals surface area (Å²) in [5.74, 6) is 0.946. The number of carbonyl (C=O) groups is 1. The van der Waals surface area contributed by atoms with Crippen molar-refractivity contribution in [2.45, 2.75) is 18.6 Å². The third kappa shape index (κ3) is 3.65. The van der Waals surface area contributed by atoms with Gasteiger partial charge in [-0.2, -0.15) is 0 Å². The van der Waals surface area contributed by atoms with Gasteiger partial charge in [0.05, 0.1) is 0 Å². The zero-order chi connectivity index (χ0) is 18.7. The van der Waals surface area contributed by atoms with Gasteiger partial charge >= 0.3 is 0 Å². The van der Waals surface area contributed by atoms with Crippen LogP contribution in [0.25, 0.3) is 5.82 Å². The van der Waals surface area contributed by atoms with Crippen molar-refractivity contribution in [3.8, 4) is 5.82 Å². The molecule has 3 aromatic heterocycles. The first-order valence-electron chi connectivity index (χ1n) is 7.67. The molecule has 3 heterocycles. The molecule has 0 saturated carbocycles. The van der Waals surface area contributed by atoms with E-state index in [1.807, 2.05) is 29.8 Å². The maximum absolute atomic E-state index is 12.1. The lowest BCUT2D eigenvalue weighted by atomic mass is 10.2. The number of rotatable bonds is 6. The lowest BCUT2D eigenvalue weighted by molar-refractivity contribution is 0.0918. The number of nitrogens with one attached hydrogen (secondary N) is 2. The molecule has 0 fully saturated rings. The Hall–Kier alpha value is -2.98. The molecule has 136 valence electrons. The van der Waals surface area contributed by atoms with Crippen LogP contribution in [0.3, 0.4) is 0 Å². The van der Waals surface area contributed by atoms with E-state index in [2.05, 4.69) is 20.0 Å². The summed E-state index contributed by atoms with van der Waals surface area (Å²) in [6.45, 7) is 2.10. The highest BCUT2D eigenvalue weighted by atomic mass is 32.2. The van der Waals surface area contributed by atoms with E-state index in [-0.39, 0.29) is 17.4 Å². The Bertz CT molecular complexity index is 1020. The molecule has 0 spiro atoms. The maximum atomic E-state index is 12.1. The van der Waals surface area contributed by atoms with Gasteiger partial charge in [0.15, 0.2) is 5.76 Å². The summed E-state index contributed by atoms with van der Waals surface area (Å²) < 4.78 is 32.3. The molecule has 0 bridgehead atoms. The van der Waals surface area contributed by atoms with Crippen LogP contribution in [0.1, 0.15) is 21.9 Å². The van der Waals surface area contributed by atoms with Crippen LogP contribution in [0, 0.1) is 6.92 Å². The molecular weight excluding hydrogens is 358 g/mol. The molecule has 3 rings (SSSR count). The van der Waals surface area contributed by atoms with Crippen molar-refractivity contribution >= 4 is 15.9 Å². The van der Waals surface area contributed by atoms with Crippen LogP contribution in [0.15, 0.2) is 52.4 Å². The van der Waals surface area contributed by atoms with Gasteiger partial charge in [0.25, 0.3) is 15.9 Å². The average molecular weight is 375 g/mol. The quantitative estimate of drug-likeness (QED) is 0.663. The van der Waals surface area contributed by atoms with Crippen LogP contribution in [0.5, 0.6) is 0 Å². The molecule has 0 aliphatic heterocycles. The molecular formula is C16H17N5O4S. The Morgan fingerprint density at radius 2 is 2.04 bits per heavy atom. The normalized spacial score (nSPS) is 11.5. The van der Waals surface area contributed by atoms with E-state index < -0.39 is 15.9 Å². The fourth-order valence-electron chi connectivity index (χ4n) is 2.24. The van der Waals surface area contributed by atoms with Gasteiger partial charge in [-0.25, -0.2) is 23.1 Å². The Morgan fingerprint density at radius 1 is 1.23 bits per heavy atom. The van der Waals surface area contributed by atoms with Crippen molar-refractivity contribution in [3.05, 3.63) is 60.0 Å². The maximum Gasteiger partial charge on any atom is 0.287 e. The molecule has 0 radical (unpaired) electrons. The van der Waals surface area contributed by atoms with Crippen molar-refractivity contribution in [1.29, 1.82) is 0 Å². The second-order valence-electron chi connectivity index (χ2n) is 5.38. The Kier molecular flexibility index (Phi) is 4.87. The van der Waals surface area contributed by atoms with Crippen LogP contribution in [0.4, 0.5) is 0 Å². The van der Waals surface area contributed by atoms with Gasteiger partial charge in [-0.15, -0.1) is 0 Å². The van der Waals surface area contributed by atoms with E-state index in [9.17, 15) is 13.2 Å². The molecule has 10 heteroatoms. The third-order valence-corrected chi connectivity index (χ3v) is 4.96. The molecule has 0 saturated heterocycles. The molecule has 0 aliphatic rings. The van der Waals surface area contributed by atoms with Gasteiger partial charge < -0.3 is 9.73 Å². The summed E-state index contributed by atoms with van der Waals surface area (Å²) in [6, 6.07) is 6.19. The summed E-state index contributed by atoms with van der Waals surface area (Å²) in [5, 5.41) is 2.34. The first-order chi connectivity index (χ1) is 12.4. The molecule has 1 amide bonds. The summed E-state index contributed by atoms with van der Waals surface area (Å²) in [6.07, 6.45) is 5.15. The number of amides is 1. The highest BCUT2D eigenvalue weighted by Crippen LogP contribution is 2.14. The fraction of sp³-hybridized carbons (Fsp3) is 0.188. The first-order valence-corrected chi connectivity index (χ1v) is 9.16. The number of furan rings is 1. The van der Waals surface area contributed by atoms with Crippen molar-refractivity contribution in [2.75, 3.05) is 7.05 Å². The van der Waals surface area contributed by atoms with Crippen molar-refractivity contribution < 1.29 is 17.6 Å². The second kappa shape index (κ2) is 7.10. The minimum Gasteiger partial charge on any atom is -0.438 e. The van der Waals surface area contributed by atoms with E-state index in [4.69, 9.17) is 4.42 Å². The molecule has 2 N–H and O–H groups in total. The summed E-state index contributed by atoms with van der Waals surface area (Å²) in [7, 11) is -2.46. The second-order valence-corrected chi connectivity index (χ2v) is 7.20. The monoisotopic (exact) mass is 375 g/mol. The number of aromatic nitrogens is 3. The average Bonchev–Trinajstić information content (AvgIpc) is 3.30. The smallest absolute Gasteiger partial charge is 0.287 e. The van der Waals surface area contributed by atoms with Crippen LogP contribution < -0.4 is 10.0 Å². The summed E-state index contributed by atoms with van der Waals surface area (Å²) in [5.41, 5.74) is 0.787. The lowest BCUT2D eigenvalue weighted by Crippen LogP contribution is -2.22. The van der Waals surface area contributed by atoms with Crippen LogP contribution in [-0.4, -0.2) is 35.9 Å². The van der Waals surface area contributed by atoms with Crippen molar-refractivity contribution in [3.63, 3.8) is 0 Å². The van der Waals surface area contributed by atoms with Gasteiger partial charge in [-0.3, -0.25) is 9.36 Å². The molecule has 9 nitrogen and oxygen atoms in total. The molecule has 0 atom stereocenters. The zero-order valence-electron chi connectivity index (χ0n) is 14.1. The minimum absolute atomic E-state index is 0.0857. The highest BCUT2D eigenvalue weighted by Gasteiger charge is 2.19. The number of hydrogen-bond donors (Lipinski definition) is 2. The van der Waals surface area contributed by atoms with Gasteiger partial charge in [0, 0.05) is 25.1 Å². The van der Waals surface area contributed by atoms with E-state index in [0.717, 1.165) is 17.2 Å². The first kappa shape index (κ1) is 17.8. The fourth-order valence-corrected chi connectivity index (χ4v) is 2.89. The molecule has 0 aromatic carbocycles. The third-order valence-electron chi connectivity index (χ3n) is 3.67. The topological polar surface area (TPSA) is 119 Å². The number of pyridine rings is 1. The van der Waals surface area contributed by atoms with E-state index in [1.165, 1.54) is 19.2 Å². The Morgan fingerprint density at radius 3 is 2.65 bits per heavy atom. The largest absolute Gasteiger partial charge is 0.438 e. The minimum atomic E-state index is -3.72.